The van der Waals surface area contributed by atoms with Gasteiger partial charge in [0.05, 0.1) is 11.6 Å². The SMILES string of the molecule is C[C@H](NC(=O)COC(=O)C1=Cc2ccccc2OC1)c1ccc2c(c1)OCO2. The molecule has 28 heavy (non-hydrogen) atoms. The van der Waals surface area contributed by atoms with Crippen LogP contribution in [0.1, 0.15) is 24.1 Å². The van der Waals surface area contributed by atoms with Gasteiger partial charge in [-0.3, -0.25) is 4.79 Å². The molecule has 0 spiro atoms. The minimum atomic E-state index is -0.569. The first kappa shape index (κ1) is 17.9. The second-order valence-corrected chi connectivity index (χ2v) is 6.47. The van der Waals surface area contributed by atoms with Gasteiger partial charge in [-0.1, -0.05) is 24.3 Å². The highest BCUT2D eigenvalue weighted by atomic mass is 16.7. The number of carbonyl (C=O) groups excluding carboxylic acids is 2. The summed E-state index contributed by atoms with van der Waals surface area (Å²) in [7, 11) is 0. The van der Waals surface area contributed by atoms with Crippen LogP contribution in [0.15, 0.2) is 48.0 Å². The van der Waals surface area contributed by atoms with Gasteiger partial charge < -0.3 is 24.3 Å². The Bertz CT molecular complexity index is 952. The molecule has 7 heteroatoms. The first-order valence-corrected chi connectivity index (χ1v) is 8.88. The second-order valence-electron chi connectivity index (χ2n) is 6.47. The Morgan fingerprint density at radius 1 is 1.07 bits per heavy atom. The number of hydrogen-bond acceptors (Lipinski definition) is 6. The number of fused-ring (bicyclic) bond motifs is 2. The predicted molar refractivity (Wildman–Crippen MR) is 100.0 cm³/mol. The smallest absolute Gasteiger partial charge is 0.338 e. The van der Waals surface area contributed by atoms with E-state index in [1.54, 1.807) is 12.1 Å². The fraction of sp³-hybridized carbons (Fsp3) is 0.238. The van der Waals surface area contributed by atoms with Crippen molar-refractivity contribution in [3.8, 4) is 17.2 Å². The molecule has 144 valence electrons. The Morgan fingerprint density at radius 3 is 2.79 bits per heavy atom. The molecule has 0 aliphatic carbocycles. The van der Waals surface area contributed by atoms with Crippen molar-refractivity contribution in [1.29, 1.82) is 0 Å². The molecule has 2 heterocycles. The quantitative estimate of drug-likeness (QED) is 0.802. The lowest BCUT2D eigenvalue weighted by molar-refractivity contribution is -0.145. The lowest BCUT2D eigenvalue weighted by atomic mass is 10.1. The molecule has 2 aliphatic heterocycles. The predicted octanol–water partition coefficient (Wildman–Crippen LogP) is 2.61. The molecule has 1 atom stereocenters. The molecule has 0 bridgehead atoms. The standard InChI is InChI=1S/C21H19NO6/c1-13(14-6-7-18-19(9-14)28-12-27-18)22-20(23)11-26-21(24)16-8-15-4-2-3-5-17(15)25-10-16/h2-9,13H,10-12H2,1H3,(H,22,23)/t13-/m0/s1. The third-order valence-electron chi connectivity index (χ3n) is 4.50. The van der Waals surface area contributed by atoms with Gasteiger partial charge in [0.15, 0.2) is 18.1 Å². The van der Waals surface area contributed by atoms with Gasteiger partial charge in [0.25, 0.3) is 5.91 Å². The zero-order chi connectivity index (χ0) is 19.5. The Kier molecular flexibility index (Phi) is 4.89. The summed E-state index contributed by atoms with van der Waals surface area (Å²) in [6, 6.07) is 12.6. The fourth-order valence-electron chi connectivity index (χ4n) is 3.01. The van der Waals surface area contributed by atoms with E-state index in [4.69, 9.17) is 18.9 Å². The fourth-order valence-corrected chi connectivity index (χ4v) is 3.01. The highest BCUT2D eigenvalue weighted by molar-refractivity contribution is 5.96. The summed E-state index contributed by atoms with van der Waals surface area (Å²) in [4.78, 5) is 24.4. The van der Waals surface area contributed by atoms with Gasteiger partial charge in [0, 0.05) is 5.56 Å². The van der Waals surface area contributed by atoms with Crippen molar-refractivity contribution in [1.82, 2.24) is 5.32 Å². The summed E-state index contributed by atoms with van der Waals surface area (Å²) in [5.74, 6) is 1.08. The monoisotopic (exact) mass is 381 g/mol. The van der Waals surface area contributed by atoms with Gasteiger partial charge in [-0.05, 0) is 36.8 Å². The first-order valence-electron chi connectivity index (χ1n) is 8.88. The molecule has 2 aromatic carbocycles. The topological polar surface area (TPSA) is 83.1 Å². The zero-order valence-corrected chi connectivity index (χ0v) is 15.3. The molecule has 0 saturated heterocycles. The molecule has 7 nitrogen and oxygen atoms in total. The highest BCUT2D eigenvalue weighted by Gasteiger charge is 2.20. The van der Waals surface area contributed by atoms with Crippen LogP contribution in [0.4, 0.5) is 0 Å². The molecule has 0 radical (unpaired) electrons. The van der Waals surface area contributed by atoms with Crippen molar-refractivity contribution < 1.29 is 28.5 Å². The summed E-state index contributed by atoms with van der Waals surface area (Å²) in [6.45, 7) is 1.78. The molecule has 1 N–H and O–H groups in total. The van der Waals surface area contributed by atoms with Crippen LogP contribution in [-0.4, -0.2) is 31.9 Å². The number of nitrogens with one attached hydrogen (secondary N) is 1. The van der Waals surface area contributed by atoms with Crippen LogP contribution in [0.5, 0.6) is 17.2 Å². The van der Waals surface area contributed by atoms with Gasteiger partial charge in [0.2, 0.25) is 6.79 Å². The van der Waals surface area contributed by atoms with E-state index in [0.29, 0.717) is 22.8 Å². The molecule has 0 unspecified atom stereocenters. The Labute approximate surface area is 161 Å². The minimum absolute atomic E-state index is 0.116. The lowest BCUT2D eigenvalue weighted by Crippen LogP contribution is -2.31. The van der Waals surface area contributed by atoms with Crippen molar-refractivity contribution in [3.63, 3.8) is 0 Å². The third kappa shape index (κ3) is 3.78. The number of rotatable bonds is 5. The highest BCUT2D eigenvalue weighted by Crippen LogP contribution is 2.34. The van der Waals surface area contributed by atoms with Gasteiger partial charge in [0.1, 0.15) is 12.4 Å². The van der Waals surface area contributed by atoms with Crippen molar-refractivity contribution in [3.05, 3.63) is 59.2 Å². The van der Waals surface area contributed by atoms with E-state index in [1.807, 2.05) is 43.3 Å². The number of esters is 1. The van der Waals surface area contributed by atoms with Crippen LogP contribution < -0.4 is 19.5 Å². The summed E-state index contributed by atoms with van der Waals surface area (Å²) in [5.41, 5.74) is 2.04. The van der Waals surface area contributed by atoms with Crippen LogP contribution in [0.2, 0.25) is 0 Å². The summed E-state index contributed by atoms with van der Waals surface area (Å²) >= 11 is 0. The zero-order valence-electron chi connectivity index (χ0n) is 15.3. The average Bonchev–Trinajstić information content (AvgIpc) is 3.19. The maximum Gasteiger partial charge on any atom is 0.338 e. The Hall–Kier alpha value is -3.48. The van der Waals surface area contributed by atoms with E-state index in [2.05, 4.69) is 5.32 Å². The van der Waals surface area contributed by atoms with Gasteiger partial charge in [-0.15, -0.1) is 0 Å². The molecule has 0 aromatic heterocycles. The Balaban J connectivity index is 1.31. The number of benzene rings is 2. The van der Waals surface area contributed by atoms with E-state index < -0.39 is 11.9 Å². The lowest BCUT2D eigenvalue weighted by Gasteiger charge is -2.17. The minimum Gasteiger partial charge on any atom is -0.488 e. The van der Waals surface area contributed by atoms with Crippen molar-refractivity contribution in [2.75, 3.05) is 20.0 Å². The van der Waals surface area contributed by atoms with Crippen molar-refractivity contribution in [2.24, 2.45) is 0 Å². The number of amides is 1. The molecule has 2 aromatic rings. The van der Waals surface area contributed by atoms with Crippen molar-refractivity contribution in [2.45, 2.75) is 13.0 Å². The number of para-hydroxylation sites is 1. The first-order chi connectivity index (χ1) is 13.6. The van der Waals surface area contributed by atoms with Crippen LogP contribution >= 0.6 is 0 Å². The molecule has 0 saturated carbocycles. The molecular weight excluding hydrogens is 362 g/mol. The summed E-state index contributed by atoms with van der Waals surface area (Å²) < 4.78 is 21.3. The van der Waals surface area contributed by atoms with E-state index in [0.717, 1.165) is 11.1 Å². The molecule has 0 fully saturated rings. The van der Waals surface area contributed by atoms with E-state index in [1.165, 1.54) is 0 Å². The van der Waals surface area contributed by atoms with Gasteiger partial charge >= 0.3 is 5.97 Å². The normalized spacial score (nSPS) is 15.0. The maximum absolute atomic E-state index is 12.2. The van der Waals surface area contributed by atoms with E-state index in [9.17, 15) is 9.59 Å². The van der Waals surface area contributed by atoms with Crippen LogP contribution in [-0.2, 0) is 14.3 Å². The largest absolute Gasteiger partial charge is 0.488 e. The van der Waals surface area contributed by atoms with Crippen LogP contribution in [0.3, 0.4) is 0 Å². The Morgan fingerprint density at radius 2 is 1.89 bits per heavy atom. The van der Waals surface area contributed by atoms with E-state index >= 15 is 0 Å². The van der Waals surface area contributed by atoms with E-state index in [-0.39, 0.29) is 26.0 Å². The number of ether oxygens (including phenoxy) is 4. The average molecular weight is 381 g/mol. The van der Waals surface area contributed by atoms with Gasteiger partial charge in [-0.2, -0.15) is 0 Å². The van der Waals surface area contributed by atoms with Gasteiger partial charge in [-0.25, -0.2) is 4.79 Å². The molecule has 4 rings (SSSR count). The summed E-state index contributed by atoms with van der Waals surface area (Å²) in [6.07, 6.45) is 1.72. The van der Waals surface area contributed by atoms with Crippen molar-refractivity contribution >= 4 is 18.0 Å². The summed E-state index contributed by atoms with van der Waals surface area (Å²) in [5, 5.41) is 2.80. The second kappa shape index (κ2) is 7.64. The maximum atomic E-state index is 12.2. The molecular formula is C21H19NO6. The molecule has 1 amide bonds. The molecule has 2 aliphatic rings. The third-order valence-corrected chi connectivity index (χ3v) is 4.50. The van der Waals surface area contributed by atoms with Crippen LogP contribution in [0.25, 0.3) is 6.08 Å². The number of hydrogen-bond donors (Lipinski definition) is 1. The number of carbonyl (C=O) groups is 2. The van der Waals surface area contributed by atoms with Crippen LogP contribution in [0, 0.1) is 0 Å².